The molecule has 1 aromatic carbocycles. The highest BCUT2D eigenvalue weighted by atomic mass is 32.2. The van der Waals surface area contributed by atoms with Crippen LogP contribution in [0.25, 0.3) is 17.0 Å². The molecule has 0 bridgehead atoms. The van der Waals surface area contributed by atoms with Gasteiger partial charge in [-0.2, -0.15) is 8.42 Å². The Hall–Kier alpha value is -1.68. The number of amides is 1. The smallest absolute Gasteiger partial charge is 0.266 e. The zero-order valence-corrected chi connectivity index (χ0v) is 15.1. The van der Waals surface area contributed by atoms with E-state index in [1.165, 1.54) is 4.90 Å². The third-order valence-electron chi connectivity index (χ3n) is 3.66. The second-order valence-electron chi connectivity index (χ2n) is 5.33. The van der Waals surface area contributed by atoms with Gasteiger partial charge >= 0.3 is 0 Å². The normalized spacial score (nSPS) is 17.4. The summed E-state index contributed by atoms with van der Waals surface area (Å²) in [5.74, 6) is -0.886. The van der Waals surface area contributed by atoms with Gasteiger partial charge in [0.2, 0.25) is 0 Å². The number of thioether (sulfide) groups is 1. The van der Waals surface area contributed by atoms with Crippen LogP contribution in [-0.2, 0) is 22.0 Å². The van der Waals surface area contributed by atoms with Gasteiger partial charge < -0.3 is 4.57 Å². The van der Waals surface area contributed by atoms with Crippen molar-refractivity contribution in [2.24, 2.45) is 7.05 Å². The van der Waals surface area contributed by atoms with Gasteiger partial charge in [-0.05, 0) is 12.1 Å². The molecule has 2 heterocycles. The molecule has 1 aliphatic heterocycles. The van der Waals surface area contributed by atoms with E-state index >= 15 is 0 Å². The number of aromatic nitrogens is 1. The van der Waals surface area contributed by atoms with Crippen molar-refractivity contribution < 1.29 is 17.8 Å². The van der Waals surface area contributed by atoms with E-state index in [0.29, 0.717) is 4.91 Å². The molecule has 0 unspecified atom stereocenters. The lowest BCUT2D eigenvalue weighted by molar-refractivity contribution is -0.121. The van der Waals surface area contributed by atoms with Crippen molar-refractivity contribution >= 4 is 61.3 Å². The van der Waals surface area contributed by atoms with Crippen LogP contribution in [0.1, 0.15) is 5.56 Å². The summed E-state index contributed by atoms with van der Waals surface area (Å²) < 4.78 is 32.8. The highest BCUT2D eigenvalue weighted by Crippen LogP contribution is 2.34. The van der Waals surface area contributed by atoms with E-state index in [4.69, 9.17) is 16.8 Å². The number of aryl methyl sites for hydroxylation is 1. The molecule has 1 amide bonds. The third-order valence-corrected chi connectivity index (χ3v) is 5.74. The molecule has 9 heteroatoms. The van der Waals surface area contributed by atoms with Crippen LogP contribution >= 0.6 is 24.0 Å². The van der Waals surface area contributed by atoms with E-state index < -0.39 is 15.9 Å². The lowest BCUT2D eigenvalue weighted by Crippen LogP contribution is -2.32. The predicted octanol–water partition coefficient (Wildman–Crippen LogP) is 2.27. The second-order valence-corrected chi connectivity index (χ2v) is 8.58. The fourth-order valence-electron chi connectivity index (χ4n) is 2.53. The van der Waals surface area contributed by atoms with Crippen LogP contribution in [0.15, 0.2) is 35.4 Å². The summed E-state index contributed by atoms with van der Waals surface area (Å²) >= 11 is 6.27. The minimum atomic E-state index is -4.15. The number of carbonyl (C=O) groups is 1. The molecule has 0 spiro atoms. The molecule has 2 aromatic rings. The largest absolute Gasteiger partial charge is 0.350 e. The van der Waals surface area contributed by atoms with E-state index in [9.17, 15) is 13.2 Å². The summed E-state index contributed by atoms with van der Waals surface area (Å²) in [5.41, 5.74) is 1.94. The molecule has 24 heavy (non-hydrogen) atoms. The monoisotopic (exact) mass is 382 g/mol. The lowest BCUT2D eigenvalue weighted by Gasteiger charge is -2.12. The number of fused-ring (bicyclic) bond motifs is 1. The Balaban J connectivity index is 1.91. The van der Waals surface area contributed by atoms with Gasteiger partial charge in [0.25, 0.3) is 16.0 Å². The molecule has 0 atom stereocenters. The van der Waals surface area contributed by atoms with Crippen LogP contribution in [0, 0.1) is 0 Å². The van der Waals surface area contributed by atoms with Crippen LogP contribution in [0.2, 0.25) is 0 Å². The maximum atomic E-state index is 12.4. The molecule has 1 aromatic heterocycles. The number of carbonyl (C=O) groups excluding carboxylic acids is 1. The summed E-state index contributed by atoms with van der Waals surface area (Å²) in [6.07, 6.45) is 3.68. The minimum Gasteiger partial charge on any atom is -0.350 e. The maximum absolute atomic E-state index is 12.4. The van der Waals surface area contributed by atoms with Crippen molar-refractivity contribution in [2.45, 2.75) is 0 Å². The van der Waals surface area contributed by atoms with Crippen molar-refractivity contribution in [1.29, 1.82) is 0 Å². The SMILES string of the molecule is Cn1cc(C=C2SC(=S)N(CCS(=O)(=O)O)C2=O)c2ccccc21. The molecule has 0 radical (unpaired) electrons. The summed E-state index contributed by atoms with van der Waals surface area (Å²) in [6, 6.07) is 7.84. The standard InChI is InChI=1S/C15H14N2O4S3/c1-16-9-10(11-4-2-3-5-12(11)16)8-13-14(18)17(15(22)23-13)6-7-24(19,20)21/h2-5,8-9H,6-7H2,1H3,(H,19,20,21). The molecule has 0 saturated carbocycles. The molecule has 3 rings (SSSR count). The Bertz CT molecular complexity index is 976. The van der Waals surface area contributed by atoms with Crippen LogP contribution in [0.4, 0.5) is 0 Å². The zero-order valence-electron chi connectivity index (χ0n) is 12.7. The number of para-hydroxylation sites is 1. The second kappa shape index (κ2) is 6.32. The average molecular weight is 382 g/mol. The number of thiocarbonyl (C=S) groups is 1. The van der Waals surface area contributed by atoms with E-state index in [-0.39, 0.29) is 16.8 Å². The molecule has 126 valence electrons. The Labute approximate surface area is 148 Å². The van der Waals surface area contributed by atoms with Crippen LogP contribution in [0.5, 0.6) is 0 Å². The van der Waals surface area contributed by atoms with Crippen molar-refractivity contribution in [1.82, 2.24) is 9.47 Å². The lowest BCUT2D eigenvalue weighted by atomic mass is 10.1. The highest BCUT2D eigenvalue weighted by Gasteiger charge is 2.32. The van der Waals surface area contributed by atoms with Gasteiger partial charge in [0.05, 0.1) is 10.7 Å². The van der Waals surface area contributed by atoms with E-state index in [2.05, 4.69) is 0 Å². The number of hydrogen-bond acceptors (Lipinski definition) is 5. The van der Waals surface area contributed by atoms with Gasteiger partial charge in [-0.1, -0.05) is 42.2 Å². The Kier molecular flexibility index (Phi) is 4.52. The first-order chi connectivity index (χ1) is 11.3. The number of benzene rings is 1. The Morgan fingerprint density at radius 1 is 1.33 bits per heavy atom. The highest BCUT2D eigenvalue weighted by molar-refractivity contribution is 8.26. The van der Waals surface area contributed by atoms with Gasteiger partial charge in [0.1, 0.15) is 4.32 Å². The summed E-state index contributed by atoms with van der Waals surface area (Å²) in [4.78, 5) is 14.1. The van der Waals surface area contributed by atoms with Gasteiger partial charge in [-0.3, -0.25) is 14.2 Å². The Morgan fingerprint density at radius 3 is 2.75 bits per heavy atom. The number of hydrogen-bond donors (Lipinski definition) is 1. The first-order valence-corrected chi connectivity index (χ1v) is 9.84. The zero-order chi connectivity index (χ0) is 17.5. The number of nitrogens with zero attached hydrogens (tertiary/aromatic N) is 2. The van der Waals surface area contributed by atoms with Gasteiger partial charge in [0.15, 0.2) is 0 Å². The number of rotatable bonds is 4. The molecule has 1 fully saturated rings. The van der Waals surface area contributed by atoms with Crippen molar-refractivity contribution in [3.8, 4) is 0 Å². The molecule has 0 aliphatic carbocycles. The van der Waals surface area contributed by atoms with E-state index in [0.717, 1.165) is 28.2 Å². The molecule has 1 N–H and O–H groups in total. The average Bonchev–Trinajstić information content (AvgIpc) is 2.95. The van der Waals surface area contributed by atoms with Crippen LogP contribution < -0.4 is 0 Å². The molecular formula is C15H14N2O4S3. The fraction of sp³-hybridized carbons (Fsp3) is 0.200. The van der Waals surface area contributed by atoms with Crippen molar-refractivity contribution in [3.05, 3.63) is 40.9 Å². The topological polar surface area (TPSA) is 79.6 Å². The van der Waals surface area contributed by atoms with E-state index in [1.807, 2.05) is 42.1 Å². The predicted molar refractivity (Wildman–Crippen MR) is 99.2 cm³/mol. The Morgan fingerprint density at radius 2 is 2.04 bits per heavy atom. The van der Waals surface area contributed by atoms with Gasteiger partial charge in [-0.15, -0.1) is 0 Å². The molecular weight excluding hydrogens is 368 g/mol. The quantitative estimate of drug-likeness (QED) is 0.496. The molecule has 1 saturated heterocycles. The van der Waals surface area contributed by atoms with Crippen LogP contribution in [-0.4, -0.2) is 45.0 Å². The van der Waals surface area contributed by atoms with E-state index in [1.54, 1.807) is 6.08 Å². The molecule has 1 aliphatic rings. The molecule has 6 nitrogen and oxygen atoms in total. The first kappa shape index (κ1) is 17.2. The van der Waals surface area contributed by atoms with Crippen molar-refractivity contribution in [2.75, 3.05) is 12.3 Å². The third kappa shape index (κ3) is 3.39. The van der Waals surface area contributed by atoms with Crippen LogP contribution in [0.3, 0.4) is 0 Å². The van der Waals surface area contributed by atoms with Gasteiger partial charge in [0, 0.05) is 36.3 Å². The summed E-state index contributed by atoms with van der Waals surface area (Å²) in [5, 5.41) is 1.02. The first-order valence-electron chi connectivity index (χ1n) is 7.01. The summed E-state index contributed by atoms with van der Waals surface area (Å²) in [7, 11) is -2.22. The van der Waals surface area contributed by atoms with Crippen molar-refractivity contribution in [3.63, 3.8) is 0 Å². The van der Waals surface area contributed by atoms with Gasteiger partial charge in [-0.25, -0.2) is 0 Å². The fourth-order valence-corrected chi connectivity index (χ4v) is 4.24. The maximum Gasteiger partial charge on any atom is 0.266 e. The minimum absolute atomic E-state index is 0.156. The summed E-state index contributed by atoms with van der Waals surface area (Å²) in [6.45, 7) is -0.156.